The number of aromatic nitrogens is 5. The van der Waals surface area contributed by atoms with Gasteiger partial charge < -0.3 is 14.5 Å². The predicted octanol–water partition coefficient (Wildman–Crippen LogP) is 3.55. The number of nitrogens with one attached hydrogen (secondary N) is 1. The summed E-state index contributed by atoms with van der Waals surface area (Å²) >= 11 is 0. The normalized spacial score (nSPS) is 15.4. The monoisotopic (exact) mass is 530 g/mol. The minimum atomic E-state index is -0.490. The molecule has 0 saturated carbocycles. The number of aryl methyl sites for hydroxylation is 2. The zero-order valence-electron chi connectivity index (χ0n) is 22.8. The molecule has 0 bridgehead atoms. The molecule has 10 nitrogen and oxygen atoms in total. The van der Waals surface area contributed by atoms with Crippen LogP contribution in [0.25, 0.3) is 10.9 Å². The van der Waals surface area contributed by atoms with Gasteiger partial charge in [0, 0.05) is 24.2 Å². The van der Waals surface area contributed by atoms with Crippen molar-refractivity contribution in [2.45, 2.75) is 46.2 Å². The van der Waals surface area contributed by atoms with Crippen molar-refractivity contribution in [2.75, 3.05) is 26.8 Å². The molecular formula is C29H34N6O4. The van der Waals surface area contributed by atoms with Gasteiger partial charge in [-0.2, -0.15) is 0 Å². The zero-order valence-corrected chi connectivity index (χ0v) is 22.8. The second-order valence-corrected chi connectivity index (χ2v) is 10.1. The van der Waals surface area contributed by atoms with Crippen molar-refractivity contribution in [2.24, 2.45) is 5.92 Å². The van der Waals surface area contributed by atoms with Crippen LogP contribution in [0.5, 0.6) is 5.75 Å². The Hall–Kier alpha value is -4.05. The second-order valence-electron chi connectivity index (χ2n) is 10.1. The van der Waals surface area contributed by atoms with Gasteiger partial charge in [0.1, 0.15) is 11.8 Å². The number of benzene rings is 2. The van der Waals surface area contributed by atoms with Gasteiger partial charge in [-0.05, 0) is 96.4 Å². The molecule has 4 aromatic rings. The fourth-order valence-electron chi connectivity index (χ4n) is 5.27. The highest BCUT2D eigenvalue weighted by molar-refractivity contribution is 5.81. The molecule has 0 aliphatic carbocycles. The molecule has 0 spiro atoms. The number of esters is 1. The molecule has 0 amide bonds. The fourth-order valence-corrected chi connectivity index (χ4v) is 5.27. The minimum Gasteiger partial charge on any atom is -0.497 e. The first-order chi connectivity index (χ1) is 18.9. The number of H-pyrrole nitrogens is 1. The van der Waals surface area contributed by atoms with Crippen molar-refractivity contribution >= 4 is 16.9 Å². The van der Waals surface area contributed by atoms with Crippen LogP contribution in [0.3, 0.4) is 0 Å². The van der Waals surface area contributed by atoms with Crippen LogP contribution in [0.15, 0.2) is 47.3 Å². The number of methoxy groups -OCH3 is 1. The van der Waals surface area contributed by atoms with E-state index in [1.54, 1.807) is 11.8 Å². The highest BCUT2D eigenvalue weighted by atomic mass is 16.5. The average molecular weight is 531 g/mol. The molecule has 2 aromatic heterocycles. The van der Waals surface area contributed by atoms with E-state index in [0.717, 1.165) is 33.3 Å². The molecule has 39 heavy (non-hydrogen) atoms. The first kappa shape index (κ1) is 26.6. The van der Waals surface area contributed by atoms with Crippen LogP contribution in [-0.2, 0) is 16.1 Å². The Morgan fingerprint density at radius 1 is 1.10 bits per heavy atom. The molecule has 1 unspecified atom stereocenters. The first-order valence-electron chi connectivity index (χ1n) is 13.3. The van der Waals surface area contributed by atoms with E-state index in [9.17, 15) is 9.59 Å². The lowest BCUT2D eigenvalue weighted by molar-refractivity contribution is -0.149. The van der Waals surface area contributed by atoms with E-state index in [-0.39, 0.29) is 17.4 Å². The van der Waals surface area contributed by atoms with Crippen LogP contribution in [0, 0.1) is 19.8 Å². The molecule has 3 heterocycles. The smallest absolute Gasteiger partial charge is 0.309 e. The average Bonchev–Trinajstić information content (AvgIpc) is 3.38. The zero-order chi connectivity index (χ0) is 27.5. The number of piperidine rings is 1. The van der Waals surface area contributed by atoms with Crippen LogP contribution in [0.1, 0.15) is 53.9 Å². The number of likely N-dealkylation sites (tertiary alicyclic amines) is 1. The summed E-state index contributed by atoms with van der Waals surface area (Å²) in [5.41, 5.74) is 4.46. The molecule has 5 rings (SSSR count). The van der Waals surface area contributed by atoms with Gasteiger partial charge in [0.25, 0.3) is 5.56 Å². The minimum absolute atomic E-state index is 0.155. The molecule has 0 radical (unpaired) electrons. The predicted molar refractivity (Wildman–Crippen MR) is 147 cm³/mol. The van der Waals surface area contributed by atoms with E-state index in [2.05, 4.69) is 38.4 Å². The lowest BCUT2D eigenvalue weighted by atomic mass is 9.93. The lowest BCUT2D eigenvalue weighted by Gasteiger charge is -2.36. The van der Waals surface area contributed by atoms with Gasteiger partial charge in [-0.25, -0.2) is 4.68 Å². The summed E-state index contributed by atoms with van der Waals surface area (Å²) in [6.07, 6.45) is 1.28. The van der Waals surface area contributed by atoms with Crippen LogP contribution in [-0.4, -0.2) is 62.9 Å². The van der Waals surface area contributed by atoms with Gasteiger partial charge >= 0.3 is 5.97 Å². The van der Waals surface area contributed by atoms with Crippen molar-refractivity contribution in [1.29, 1.82) is 0 Å². The van der Waals surface area contributed by atoms with Gasteiger partial charge in [-0.1, -0.05) is 12.1 Å². The van der Waals surface area contributed by atoms with Crippen molar-refractivity contribution in [3.05, 3.63) is 80.9 Å². The van der Waals surface area contributed by atoms with E-state index < -0.39 is 6.04 Å². The number of aromatic amines is 1. The molecule has 1 fully saturated rings. The molecular weight excluding hydrogens is 496 g/mol. The highest BCUT2D eigenvalue weighted by Gasteiger charge is 2.35. The van der Waals surface area contributed by atoms with Gasteiger partial charge in [0.15, 0.2) is 5.82 Å². The van der Waals surface area contributed by atoms with E-state index in [4.69, 9.17) is 9.47 Å². The third-order valence-corrected chi connectivity index (χ3v) is 7.59. The molecule has 1 aliphatic rings. The number of tetrazole rings is 1. The maximum atomic E-state index is 13.6. The van der Waals surface area contributed by atoms with E-state index >= 15 is 0 Å². The summed E-state index contributed by atoms with van der Waals surface area (Å²) in [5, 5.41) is 13.7. The Balaban J connectivity index is 1.54. The van der Waals surface area contributed by atoms with Crippen molar-refractivity contribution in [3.63, 3.8) is 0 Å². The number of carbonyl (C=O) groups is 1. The second kappa shape index (κ2) is 11.4. The Labute approximate surface area is 226 Å². The summed E-state index contributed by atoms with van der Waals surface area (Å²) in [6, 6.07) is 13.3. The summed E-state index contributed by atoms with van der Waals surface area (Å²) in [7, 11) is 1.63. The summed E-state index contributed by atoms with van der Waals surface area (Å²) in [6.45, 7) is 7.93. The number of pyridine rings is 1. The Morgan fingerprint density at radius 2 is 1.82 bits per heavy atom. The standard InChI is InChI=1S/C29H34N6O4/c1-5-39-29(37)21-10-12-34(13-11-21)26(24-16-22-14-18(2)19(3)15-25(22)30-28(24)36)27-31-32-33-35(27)17-20-6-8-23(38-4)9-7-20/h6-9,14-16,21,26H,5,10-13,17H2,1-4H3,(H,30,36). The summed E-state index contributed by atoms with van der Waals surface area (Å²) < 4.78 is 12.3. The number of fused-ring (bicyclic) bond motifs is 1. The van der Waals surface area contributed by atoms with Gasteiger partial charge in [-0.15, -0.1) is 5.10 Å². The van der Waals surface area contributed by atoms with Crippen LogP contribution < -0.4 is 10.3 Å². The number of hydrogen-bond acceptors (Lipinski definition) is 8. The third kappa shape index (κ3) is 5.56. The molecule has 1 aliphatic heterocycles. The number of ether oxygens (including phenoxy) is 2. The molecule has 1 N–H and O–H groups in total. The summed E-state index contributed by atoms with van der Waals surface area (Å²) in [4.78, 5) is 31.2. The highest BCUT2D eigenvalue weighted by Crippen LogP contribution is 2.32. The summed E-state index contributed by atoms with van der Waals surface area (Å²) in [5.74, 6) is 1.03. The fraction of sp³-hybridized carbons (Fsp3) is 0.414. The van der Waals surface area contributed by atoms with Crippen LogP contribution in [0.2, 0.25) is 0 Å². The Bertz CT molecular complexity index is 1520. The number of carbonyl (C=O) groups excluding carboxylic acids is 1. The molecule has 204 valence electrons. The van der Waals surface area contributed by atoms with Gasteiger partial charge in [-0.3, -0.25) is 14.5 Å². The van der Waals surface area contributed by atoms with Crippen LogP contribution >= 0.6 is 0 Å². The Kier molecular flexibility index (Phi) is 7.74. The van der Waals surface area contributed by atoms with Crippen molar-refractivity contribution in [3.8, 4) is 5.75 Å². The number of hydrogen-bond donors (Lipinski definition) is 1. The van der Waals surface area contributed by atoms with Gasteiger partial charge in [0.2, 0.25) is 0 Å². The van der Waals surface area contributed by atoms with Crippen LogP contribution in [0.4, 0.5) is 0 Å². The molecule has 2 aromatic carbocycles. The van der Waals surface area contributed by atoms with Crippen molar-refractivity contribution in [1.82, 2.24) is 30.1 Å². The van der Waals surface area contributed by atoms with E-state index in [1.807, 2.05) is 50.2 Å². The topological polar surface area (TPSA) is 115 Å². The largest absolute Gasteiger partial charge is 0.497 e. The molecule has 10 heteroatoms. The maximum absolute atomic E-state index is 13.6. The number of nitrogens with zero attached hydrogens (tertiary/aromatic N) is 5. The lowest BCUT2D eigenvalue weighted by Crippen LogP contribution is -2.42. The van der Waals surface area contributed by atoms with E-state index in [0.29, 0.717) is 50.5 Å². The molecule has 1 saturated heterocycles. The Morgan fingerprint density at radius 3 is 2.51 bits per heavy atom. The van der Waals surface area contributed by atoms with Gasteiger partial charge in [0.05, 0.1) is 26.2 Å². The molecule has 1 atom stereocenters. The third-order valence-electron chi connectivity index (χ3n) is 7.59. The SMILES string of the molecule is CCOC(=O)C1CCN(C(c2cc3cc(C)c(C)cc3[nH]c2=O)c2nnnn2Cc2ccc(OC)cc2)CC1. The van der Waals surface area contributed by atoms with Crippen molar-refractivity contribution < 1.29 is 14.3 Å². The number of rotatable bonds is 8. The van der Waals surface area contributed by atoms with E-state index in [1.165, 1.54) is 0 Å². The quantitative estimate of drug-likeness (QED) is 0.344. The maximum Gasteiger partial charge on any atom is 0.309 e. The first-order valence-corrected chi connectivity index (χ1v) is 13.3.